The van der Waals surface area contributed by atoms with E-state index in [1.54, 1.807) is 6.07 Å². The molecule has 2 aliphatic rings. The number of hydrogen-bond donors (Lipinski definition) is 2. The van der Waals surface area contributed by atoms with Gasteiger partial charge in [0.25, 0.3) is 5.91 Å². The zero-order valence-corrected chi connectivity index (χ0v) is 18.6. The maximum absolute atomic E-state index is 14.1. The summed E-state index contributed by atoms with van der Waals surface area (Å²) in [5, 5.41) is 6.58. The van der Waals surface area contributed by atoms with E-state index in [0.717, 1.165) is 61.8 Å². The topological polar surface area (TPSA) is 41.1 Å². The predicted octanol–water partition coefficient (Wildman–Crippen LogP) is 6.04. The molecule has 0 aromatic heterocycles. The van der Waals surface area contributed by atoms with Crippen molar-refractivity contribution < 1.29 is 9.18 Å². The number of amides is 1. The summed E-state index contributed by atoms with van der Waals surface area (Å²) in [4.78, 5) is 13.4. The molecule has 0 bridgehead atoms. The van der Waals surface area contributed by atoms with E-state index >= 15 is 0 Å². The van der Waals surface area contributed by atoms with Gasteiger partial charge in [0.1, 0.15) is 5.82 Å². The Morgan fingerprint density at radius 1 is 1.43 bits per heavy atom. The average molecular weight is 449 g/mol. The van der Waals surface area contributed by atoms with Gasteiger partial charge in [0.05, 0.1) is 4.47 Å². The van der Waals surface area contributed by atoms with Crippen molar-refractivity contribution in [2.24, 2.45) is 5.92 Å². The molecule has 0 spiro atoms. The minimum absolute atomic E-state index is 0.161. The summed E-state index contributed by atoms with van der Waals surface area (Å²) in [5.41, 5.74) is 3.87. The molecule has 1 saturated carbocycles. The first-order chi connectivity index (χ1) is 13.3. The number of nitrogens with one attached hydrogen (secondary N) is 2. The Morgan fingerprint density at radius 3 is 2.68 bits per heavy atom. The number of halogens is 2. The molecule has 1 unspecified atom stereocenters. The Hall–Kier alpha value is -1.46. The Bertz CT molecular complexity index is 797. The third-order valence-electron chi connectivity index (χ3n) is 5.82. The summed E-state index contributed by atoms with van der Waals surface area (Å²) in [7, 11) is 0. The lowest BCUT2D eigenvalue weighted by molar-refractivity contribution is -0.112. The largest absolute Gasteiger partial charge is 0.322 e. The van der Waals surface area contributed by atoms with Gasteiger partial charge in [-0.1, -0.05) is 19.9 Å². The molecule has 1 aliphatic heterocycles. The Morgan fingerprint density at radius 2 is 2.14 bits per heavy atom. The van der Waals surface area contributed by atoms with E-state index in [9.17, 15) is 9.18 Å². The minimum atomic E-state index is -0.375. The molecule has 1 aromatic rings. The number of carbonyl (C=O) groups is 1. The number of rotatable bonds is 7. The normalized spacial score (nSPS) is 22.8. The first-order valence-electron chi connectivity index (χ1n) is 10.2. The van der Waals surface area contributed by atoms with Crippen molar-refractivity contribution in [3.05, 3.63) is 51.3 Å². The van der Waals surface area contributed by atoms with E-state index in [-0.39, 0.29) is 17.3 Å². The molecule has 0 radical (unpaired) electrons. The third kappa shape index (κ3) is 4.41. The highest BCUT2D eigenvalue weighted by molar-refractivity contribution is 9.10. The lowest BCUT2D eigenvalue weighted by Gasteiger charge is -2.32. The van der Waals surface area contributed by atoms with Gasteiger partial charge in [-0.3, -0.25) is 4.79 Å². The zero-order valence-electron chi connectivity index (χ0n) is 17.1. The van der Waals surface area contributed by atoms with Gasteiger partial charge in [0.15, 0.2) is 0 Å². The fourth-order valence-electron chi connectivity index (χ4n) is 4.32. The van der Waals surface area contributed by atoms with Crippen LogP contribution in [-0.4, -0.2) is 18.0 Å². The monoisotopic (exact) mass is 448 g/mol. The maximum atomic E-state index is 14.1. The first-order valence-corrected chi connectivity index (χ1v) is 11.0. The highest BCUT2D eigenvalue weighted by Gasteiger charge is 2.43. The number of benzene rings is 1. The van der Waals surface area contributed by atoms with Crippen molar-refractivity contribution in [3.63, 3.8) is 0 Å². The van der Waals surface area contributed by atoms with Gasteiger partial charge in [-0.2, -0.15) is 0 Å². The van der Waals surface area contributed by atoms with Gasteiger partial charge in [-0.25, -0.2) is 4.39 Å². The molecular formula is C23H30BrFN2O. The lowest BCUT2D eigenvalue weighted by Crippen LogP contribution is -2.41. The van der Waals surface area contributed by atoms with Gasteiger partial charge < -0.3 is 10.6 Å². The molecule has 1 saturated heterocycles. The van der Waals surface area contributed by atoms with Crippen LogP contribution in [-0.2, 0) is 4.79 Å². The van der Waals surface area contributed by atoms with Gasteiger partial charge in [0.2, 0.25) is 0 Å². The van der Waals surface area contributed by atoms with Crippen LogP contribution in [0.25, 0.3) is 0 Å². The smallest absolute Gasteiger partial charge is 0.255 e. The van der Waals surface area contributed by atoms with E-state index in [4.69, 9.17) is 0 Å². The van der Waals surface area contributed by atoms with E-state index < -0.39 is 0 Å². The molecule has 2 fully saturated rings. The Labute approximate surface area is 176 Å². The van der Waals surface area contributed by atoms with Crippen LogP contribution in [0.3, 0.4) is 0 Å². The molecule has 5 heteroatoms. The molecule has 28 heavy (non-hydrogen) atoms. The molecule has 1 aromatic carbocycles. The third-order valence-corrected chi connectivity index (χ3v) is 6.82. The molecule has 3 rings (SSSR count). The molecule has 2 N–H and O–H groups in total. The van der Waals surface area contributed by atoms with Crippen LogP contribution >= 0.6 is 15.9 Å². The summed E-state index contributed by atoms with van der Waals surface area (Å²) in [5.74, 6) is -0.107. The van der Waals surface area contributed by atoms with E-state index in [2.05, 4.69) is 47.0 Å². The highest BCUT2D eigenvalue weighted by atomic mass is 79.9. The summed E-state index contributed by atoms with van der Waals surface area (Å²) < 4.78 is 14.6. The summed E-state index contributed by atoms with van der Waals surface area (Å²) in [6.45, 7) is 11.4. The molecule has 3 nitrogen and oxygen atoms in total. The molecule has 1 amide bonds. The van der Waals surface area contributed by atoms with Gasteiger partial charge in [0, 0.05) is 16.8 Å². The molecule has 152 valence electrons. The first kappa shape index (κ1) is 21.3. The second kappa shape index (κ2) is 8.50. The van der Waals surface area contributed by atoms with Gasteiger partial charge in [-0.05, 0) is 103 Å². The minimum Gasteiger partial charge on any atom is -0.322 e. The molecule has 1 heterocycles. The summed E-state index contributed by atoms with van der Waals surface area (Å²) in [6.07, 6.45) is 6.09. The van der Waals surface area contributed by atoms with Crippen molar-refractivity contribution >= 4 is 27.5 Å². The van der Waals surface area contributed by atoms with Crippen molar-refractivity contribution in [1.82, 2.24) is 5.32 Å². The quantitative estimate of drug-likeness (QED) is 0.394. The lowest BCUT2D eigenvalue weighted by atomic mass is 9.80. The van der Waals surface area contributed by atoms with E-state index in [1.165, 1.54) is 11.6 Å². The van der Waals surface area contributed by atoms with Gasteiger partial charge in [-0.15, -0.1) is 0 Å². The summed E-state index contributed by atoms with van der Waals surface area (Å²) >= 11 is 3.24. The zero-order chi connectivity index (χ0) is 20.5. The number of carbonyl (C=O) groups excluding carboxylic acids is 1. The second-order valence-electron chi connectivity index (χ2n) is 8.32. The Kier molecular flexibility index (Phi) is 6.45. The fraction of sp³-hybridized carbons (Fsp3) is 0.522. The number of aryl methyl sites for hydroxylation is 1. The second-order valence-corrected chi connectivity index (χ2v) is 9.12. The highest BCUT2D eigenvalue weighted by Crippen LogP contribution is 2.47. The van der Waals surface area contributed by atoms with Crippen LogP contribution in [0.2, 0.25) is 0 Å². The molecule has 1 atom stereocenters. The fourth-order valence-corrected chi connectivity index (χ4v) is 4.55. The van der Waals surface area contributed by atoms with Crippen LogP contribution in [0.15, 0.2) is 39.9 Å². The van der Waals surface area contributed by atoms with Crippen LogP contribution < -0.4 is 10.6 Å². The average Bonchev–Trinajstić information content (AvgIpc) is 3.37. The van der Waals surface area contributed by atoms with Crippen molar-refractivity contribution in [1.29, 1.82) is 0 Å². The summed E-state index contributed by atoms with van der Waals surface area (Å²) in [6, 6.07) is 3.15. The SMILES string of the molecule is C=C(CCC)/C(C(=O)Nc1cc(C)c(Br)c(F)c1)=C(/C1CC1)C1(C)CCCN1. The van der Waals surface area contributed by atoms with Gasteiger partial charge >= 0.3 is 0 Å². The number of hydrogen-bond acceptors (Lipinski definition) is 2. The molecule has 1 aliphatic carbocycles. The predicted molar refractivity (Wildman–Crippen MR) is 117 cm³/mol. The number of anilines is 1. The maximum Gasteiger partial charge on any atom is 0.255 e. The van der Waals surface area contributed by atoms with Crippen molar-refractivity contribution in [2.75, 3.05) is 11.9 Å². The van der Waals surface area contributed by atoms with Crippen LogP contribution in [0.1, 0.15) is 57.9 Å². The standard InChI is InChI=1S/C23H30BrFN2O/c1-5-7-14(2)19(20(16-8-9-16)23(4)10-6-11-26-23)22(28)27-17-12-15(3)21(24)18(25)13-17/h12-13,16,26H,2,5-11H2,1,3-4H3,(H,27,28)/b20-19+. The van der Waals surface area contributed by atoms with E-state index in [0.29, 0.717) is 16.1 Å². The van der Waals surface area contributed by atoms with Crippen molar-refractivity contribution in [2.45, 2.75) is 64.8 Å². The van der Waals surface area contributed by atoms with Crippen LogP contribution in [0.4, 0.5) is 10.1 Å². The van der Waals surface area contributed by atoms with Crippen LogP contribution in [0.5, 0.6) is 0 Å². The molecular weight excluding hydrogens is 419 g/mol. The van der Waals surface area contributed by atoms with Crippen molar-refractivity contribution in [3.8, 4) is 0 Å². The van der Waals surface area contributed by atoms with E-state index in [1.807, 2.05) is 6.92 Å². The van der Waals surface area contributed by atoms with Crippen LogP contribution in [0, 0.1) is 18.7 Å². The Balaban J connectivity index is 2.02.